The fourth-order valence-electron chi connectivity index (χ4n) is 2.45. The first-order chi connectivity index (χ1) is 10.3. The summed E-state index contributed by atoms with van der Waals surface area (Å²) in [7, 11) is 0. The van der Waals surface area contributed by atoms with Gasteiger partial charge in [-0.2, -0.15) is 0 Å². The zero-order chi connectivity index (χ0) is 16.3. The summed E-state index contributed by atoms with van der Waals surface area (Å²) < 4.78 is 0. The van der Waals surface area contributed by atoms with Gasteiger partial charge < -0.3 is 15.7 Å². The van der Waals surface area contributed by atoms with Gasteiger partial charge in [-0.25, -0.2) is 0 Å². The maximum absolute atomic E-state index is 12.5. The van der Waals surface area contributed by atoms with E-state index >= 15 is 0 Å². The Morgan fingerprint density at radius 1 is 1.23 bits per heavy atom. The Labute approximate surface area is 130 Å². The van der Waals surface area contributed by atoms with Gasteiger partial charge in [-0.1, -0.05) is 45.1 Å². The molecule has 2 aliphatic rings. The van der Waals surface area contributed by atoms with Crippen LogP contribution in [0.1, 0.15) is 20.8 Å². The highest BCUT2D eigenvalue weighted by Gasteiger charge is 2.34. The highest BCUT2D eigenvalue weighted by atomic mass is 16.3. The molecule has 0 bridgehead atoms. The molecule has 5 nitrogen and oxygen atoms in total. The lowest BCUT2D eigenvalue weighted by atomic mass is 9.85. The zero-order valence-corrected chi connectivity index (χ0v) is 13.1. The van der Waals surface area contributed by atoms with Crippen LogP contribution in [0.2, 0.25) is 0 Å². The smallest absolute Gasteiger partial charge is 0.252 e. The summed E-state index contributed by atoms with van der Waals surface area (Å²) in [5.74, 6) is -0.555. The van der Waals surface area contributed by atoms with Crippen LogP contribution in [0.4, 0.5) is 0 Å². The molecular formula is C17H22N2O3. The van der Waals surface area contributed by atoms with Crippen molar-refractivity contribution in [1.82, 2.24) is 10.6 Å². The van der Waals surface area contributed by atoms with Crippen LogP contribution in [-0.4, -0.2) is 36.1 Å². The highest BCUT2D eigenvalue weighted by molar-refractivity contribution is 6.03. The summed E-state index contributed by atoms with van der Waals surface area (Å²) in [6.45, 7) is 5.71. The predicted octanol–water partition coefficient (Wildman–Crippen LogP) is 0.988. The van der Waals surface area contributed by atoms with Gasteiger partial charge in [-0.05, 0) is 22.6 Å². The lowest BCUT2D eigenvalue weighted by Gasteiger charge is -2.30. The molecule has 5 heteroatoms. The molecule has 22 heavy (non-hydrogen) atoms. The number of carbonyl (C=O) groups is 2. The van der Waals surface area contributed by atoms with Crippen LogP contribution in [0.5, 0.6) is 0 Å². The summed E-state index contributed by atoms with van der Waals surface area (Å²) in [6.07, 6.45) is 9.40. The number of hydrogen-bond acceptors (Lipinski definition) is 3. The monoisotopic (exact) mass is 302 g/mol. The molecule has 0 unspecified atom stereocenters. The topological polar surface area (TPSA) is 78.4 Å². The Kier molecular flexibility index (Phi) is 4.66. The van der Waals surface area contributed by atoms with Crippen LogP contribution in [0.15, 0.2) is 47.1 Å². The van der Waals surface area contributed by atoms with Crippen LogP contribution in [0.25, 0.3) is 0 Å². The van der Waals surface area contributed by atoms with E-state index in [9.17, 15) is 9.59 Å². The number of hydrogen-bond donors (Lipinski definition) is 3. The molecule has 0 aromatic carbocycles. The van der Waals surface area contributed by atoms with E-state index in [0.29, 0.717) is 5.57 Å². The molecule has 2 amide bonds. The Balaban J connectivity index is 2.08. The maximum Gasteiger partial charge on any atom is 0.252 e. The maximum atomic E-state index is 12.5. The minimum Gasteiger partial charge on any atom is -0.395 e. The first-order valence-electron chi connectivity index (χ1n) is 7.35. The molecule has 0 fully saturated rings. The van der Waals surface area contributed by atoms with E-state index in [1.54, 1.807) is 6.08 Å². The summed E-state index contributed by atoms with van der Waals surface area (Å²) in [4.78, 5) is 24.7. The largest absolute Gasteiger partial charge is 0.395 e. The molecule has 0 aromatic rings. The lowest BCUT2D eigenvalue weighted by molar-refractivity contribution is -0.130. The number of aliphatic hydroxyl groups is 1. The van der Waals surface area contributed by atoms with Crippen molar-refractivity contribution < 1.29 is 14.7 Å². The van der Waals surface area contributed by atoms with Crippen molar-refractivity contribution in [3.63, 3.8) is 0 Å². The van der Waals surface area contributed by atoms with Gasteiger partial charge in [0.1, 0.15) is 6.04 Å². The molecule has 0 saturated heterocycles. The summed E-state index contributed by atoms with van der Waals surface area (Å²) in [5, 5.41) is 14.3. The van der Waals surface area contributed by atoms with Gasteiger partial charge in [0.15, 0.2) is 0 Å². The van der Waals surface area contributed by atoms with Crippen molar-refractivity contribution >= 4 is 11.8 Å². The predicted molar refractivity (Wildman–Crippen MR) is 84.9 cm³/mol. The Morgan fingerprint density at radius 3 is 2.59 bits per heavy atom. The minimum atomic E-state index is -0.675. The van der Waals surface area contributed by atoms with Gasteiger partial charge in [0.2, 0.25) is 5.91 Å². The second-order valence-corrected chi connectivity index (χ2v) is 6.43. The van der Waals surface area contributed by atoms with E-state index in [2.05, 4.69) is 10.6 Å². The Morgan fingerprint density at radius 2 is 1.95 bits per heavy atom. The molecule has 2 aliphatic carbocycles. The van der Waals surface area contributed by atoms with Crippen molar-refractivity contribution in [1.29, 1.82) is 0 Å². The van der Waals surface area contributed by atoms with Crippen LogP contribution in [0, 0.1) is 5.41 Å². The van der Waals surface area contributed by atoms with Crippen molar-refractivity contribution in [3.8, 4) is 0 Å². The number of carbonyl (C=O) groups excluding carboxylic acids is 2. The molecule has 3 N–H and O–H groups in total. The van der Waals surface area contributed by atoms with Crippen LogP contribution >= 0.6 is 0 Å². The second kappa shape index (κ2) is 6.32. The van der Waals surface area contributed by atoms with Crippen molar-refractivity contribution in [2.45, 2.75) is 26.8 Å². The standard InChI is InChI=1S/C17H22N2O3/c1-17(2,3)14(16(22)18-9-10-20)19-15(21)13-8-7-11-5-4-6-12(11)13/h4-8,14,20H,9-10H2,1-3H3,(H,18,22)(H,19,21)/t14-/m1/s1. The van der Waals surface area contributed by atoms with Crippen molar-refractivity contribution in [2.75, 3.05) is 13.2 Å². The number of nitrogens with one attached hydrogen (secondary N) is 2. The number of amides is 2. The van der Waals surface area contributed by atoms with Crippen LogP contribution in [-0.2, 0) is 9.59 Å². The third kappa shape index (κ3) is 3.36. The molecule has 0 saturated carbocycles. The van der Waals surface area contributed by atoms with E-state index in [1.165, 1.54) is 0 Å². The normalized spacial score (nSPS) is 17.4. The number of aliphatic hydroxyl groups excluding tert-OH is 1. The third-order valence-electron chi connectivity index (χ3n) is 3.63. The molecule has 0 spiro atoms. The van der Waals surface area contributed by atoms with Gasteiger partial charge in [0.05, 0.1) is 6.61 Å². The first kappa shape index (κ1) is 16.2. The molecular weight excluding hydrogens is 280 g/mol. The molecule has 1 atom stereocenters. The minimum absolute atomic E-state index is 0.131. The van der Waals surface area contributed by atoms with Crippen molar-refractivity contribution in [3.05, 3.63) is 47.1 Å². The van der Waals surface area contributed by atoms with Gasteiger partial charge in [0.25, 0.3) is 5.91 Å². The lowest BCUT2D eigenvalue weighted by Crippen LogP contribution is -2.54. The van der Waals surface area contributed by atoms with Gasteiger partial charge in [0, 0.05) is 12.1 Å². The highest BCUT2D eigenvalue weighted by Crippen LogP contribution is 2.31. The average Bonchev–Trinajstić information content (AvgIpc) is 3.03. The van der Waals surface area contributed by atoms with E-state index in [4.69, 9.17) is 5.11 Å². The average molecular weight is 302 g/mol. The summed E-state index contributed by atoms with van der Waals surface area (Å²) in [5.41, 5.74) is 2.04. The van der Waals surface area contributed by atoms with Gasteiger partial charge in [-0.15, -0.1) is 0 Å². The van der Waals surface area contributed by atoms with Crippen LogP contribution in [0.3, 0.4) is 0 Å². The quantitative estimate of drug-likeness (QED) is 0.708. The van der Waals surface area contributed by atoms with Gasteiger partial charge in [-0.3, -0.25) is 9.59 Å². The van der Waals surface area contributed by atoms with Crippen molar-refractivity contribution in [2.24, 2.45) is 5.41 Å². The molecule has 0 radical (unpaired) electrons. The molecule has 0 heterocycles. The van der Waals surface area contributed by atoms with E-state index in [0.717, 1.165) is 11.1 Å². The third-order valence-corrected chi connectivity index (χ3v) is 3.63. The van der Waals surface area contributed by atoms with E-state index in [1.807, 2.05) is 45.1 Å². The summed E-state index contributed by atoms with van der Waals surface area (Å²) >= 11 is 0. The number of allylic oxidation sites excluding steroid dienone is 6. The summed E-state index contributed by atoms with van der Waals surface area (Å²) in [6, 6.07) is -0.675. The molecule has 118 valence electrons. The van der Waals surface area contributed by atoms with Crippen LogP contribution < -0.4 is 10.6 Å². The fourth-order valence-corrected chi connectivity index (χ4v) is 2.45. The Hall–Kier alpha value is -2.14. The van der Waals surface area contributed by atoms with E-state index < -0.39 is 11.5 Å². The number of fused-ring (bicyclic) bond motifs is 1. The first-order valence-corrected chi connectivity index (χ1v) is 7.35. The van der Waals surface area contributed by atoms with Gasteiger partial charge >= 0.3 is 0 Å². The zero-order valence-electron chi connectivity index (χ0n) is 13.1. The Bertz CT molecular complexity index is 604. The fraction of sp³-hybridized carbons (Fsp3) is 0.412. The molecule has 0 aromatic heterocycles. The second-order valence-electron chi connectivity index (χ2n) is 6.43. The van der Waals surface area contributed by atoms with E-state index in [-0.39, 0.29) is 25.0 Å². The SMILES string of the molecule is CC(C)(C)[C@H](NC(=O)C1=CC=C2C=CC=C21)C(=O)NCCO. The molecule has 2 rings (SSSR count). The number of rotatable bonds is 5. The molecule has 0 aliphatic heterocycles.